The average molecular weight is 292 g/mol. The minimum absolute atomic E-state index is 0.413. The standard InChI is InChI=1S/C17H28N2S/c1-14-18-15-8-4-5-9-16(15)19(14)12-17(13-20)10-6-2-3-7-11-17/h20H,2-13H2,1H3. The van der Waals surface area contributed by atoms with Crippen LogP contribution >= 0.6 is 12.6 Å². The van der Waals surface area contributed by atoms with Gasteiger partial charge in [0.2, 0.25) is 0 Å². The molecule has 2 nitrogen and oxygen atoms in total. The summed E-state index contributed by atoms with van der Waals surface area (Å²) in [5.41, 5.74) is 3.34. The third-order valence-corrected chi connectivity index (χ3v) is 6.09. The topological polar surface area (TPSA) is 17.8 Å². The Bertz CT molecular complexity index is 456. The Kier molecular flexibility index (Phi) is 4.44. The maximum Gasteiger partial charge on any atom is 0.106 e. The molecule has 0 atom stereocenters. The zero-order chi connectivity index (χ0) is 14.0. The molecule has 0 aliphatic heterocycles. The molecule has 0 radical (unpaired) electrons. The lowest BCUT2D eigenvalue weighted by Gasteiger charge is -2.33. The molecule has 2 aliphatic rings. The minimum atomic E-state index is 0.413. The van der Waals surface area contributed by atoms with Crippen LogP contribution in [0.5, 0.6) is 0 Å². The van der Waals surface area contributed by atoms with Crippen LogP contribution in [0, 0.1) is 12.3 Å². The Hall–Kier alpha value is -0.440. The Labute approximate surface area is 128 Å². The summed E-state index contributed by atoms with van der Waals surface area (Å²) in [4.78, 5) is 4.84. The van der Waals surface area contributed by atoms with Gasteiger partial charge in [-0.05, 0) is 56.6 Å². The van der Waals surface area contributed by atoms with Crippen molar-refractivity contribution in [1.82, 2.24) is 9.55 Å². The van der Waals surface area contributed by atoms with E-state index in [-0.39, 0.29) is 0 Å². The SMILES string of the molecule is Cc1nc2c(n1CC1(CS)CCCCCC1)CCCC2. The smallest absolute Gasteiger partial charge is 0.106 e. The third kappa shape index (κ3) is 2.79. The van der Waals surface area contributed by atoms with Gasteiger partial charge in [-0.15, -0.1) is 0 Å². The molecule has 1 heterocycles. The molecule has 1 fully saturated rings. The quantitative estimate of drug-likeness (QED) is 0.648. The molecule has 1 saturated carbocycles. The normalized spacial score (nSPS) is 22.3. The zero-order valence-corrected chi connectivity index (χ0v) is 13.7. The summed E-state index contributed by atoms with van der Waals surface area (Å²) < 4.78 is 2.55. The molecule has 3 rings (SSSR count). The lowest BCUT2D eigenvalue weighted by atomic mass is 9.82. The van der Waals surface area contributed by atoms with Crippen molar-refractivity contribution in [2.24, 2.45) is 5.41 Å². The van der Waals surface area contributed by atoms with Crippen molar-refractivity contribution in [1.29, 1.82) is 0 Å². The van der Waals surface area contributed by atoms with Gasteiger partial charge in [0, 0.05) is 12.2 Å². The first-order chi connectivity index (χ1) is 9.74. The summed E-state index contributed by atoms with van der Waals surface area (Å²) in [6.07, 6.45) is 13.4. The third-order valence-electron chi connectivity index (χ3n) is 5.42. The number of aromatic nitrogens is 2. The van der Waals surface area contributed by atoms with E-state index in [1.54, 1.807) is 5.69 Å². The van der Waals surface area contributed by atoms with E-state index in [9.17, 15) is 0 Å². The maximum atomic E-state index is 4.84. The predicted molar refractivity (Wildman–Crippen MR) is 87.6 cm³/mol. The fourth-order valence-electron chi connectivity index (χ4n) is 4.13. The van der Waals surface area contributed by atoms with E-state index in [1.165, 1.54) is 75.7 Å². The van der Waals surface area contributed by atoms with Crippen molar-refractivity contribution in [3.8, 4) is 0 Å². The van der Waals surface area contributed by atoms with Gasteiger partial charge in [-0.2, -0.15) is 12.6 Å². The van der Waals surface area contributed by atoms with Crippen LogP contribution in [0.3, 0.4) is 0 Å². The van der Waals surface area contributed by atoms with Crippen LogP contribution in [0.4, 0.5) is 0 Å². The number of imidazole rings is 1. The Balaban J connectivity index is 1.87. The molecule has 2 aliphatic carbocycles. The molecule has 0 saturated heterocycles. The minimum Gasteiger partial charge on any atom is -0.331 e. The predicted octanol–water partition coefficient (Wildman–Crippen LogP) is 4.34. The van der Waals surface area contributed by atoms with Gasteiger partial charge >= 0.3 is 0 Å². The summed E-state index contributed by atoms with van der Waals surface area (Å²) in [5, 5.41) is 0. The zero-order valence-electron chi connectivity index (χ0n) is 12.8. The van der Waals surface area contributed by atoms with E-state index in [2.05, 4.69) is 11.5 Å². The lowest BCUT2D eigenvalue weighted by molar-refractivity contribution is 0.236. The summed E-state index contributed by atoms with van der Waals surface area (Å²) >= 11 is 4.74. The molecule has 0 spiro atoms. The summed E-state index contributed by atoms with van der Waals surface area (Å²) in [6.45, 7) is 3.35. The van der Waals surface area contributed by atoms with Crippen molar-refractivity contribution >= 4 is 12.6 Å². The van der Waals surface area contributed by atoms with Crippen molar-refractivity contribution in [3.05, 3.63) is 17.2 Å². The lowest BCUT2D eigenvalue weighted by Crippen LogP contribution is -2.30. The van der Waals surface area contributed by atoms with Crippen molar-refractivity contribution in [2.75, 3.05) is 5.75 Å². The highest BCUT2D eigenvalue weighted by atomic mass is 32.1. The summed E-state index contributed by atoms with van der Waals surface area (Å²) in [6, 6.07) is 0. The van der Waals surface area contributed by atoms with E-state index < -0.39 is 0 Å². The van der Waals surface area contributed by atoms with Gasteiger partial charge in [0.05, 0.1) is 5.69 Å². The van der Waals surface area contributed by atoms with Crippen LogP contribution in [-0.2, 0) is 19.4 Å². The highest BCUT2D eigenvalue weighted by Crippen LogP contribution is 2.39. The van der Waals surface area contributed by atoms with Crippen LogP contribution in [0.1, 0.15) is 68.6 Å². The van der Waals surface area contributed by atoms with Gasteiger partial charge < -0.3 is 4.57 Å². The highest BCUT2D eigenvalue weighted by Gasteiger charge is 2.32. The second-order valence-corrected chi connectivity index (χ2v) is 7.23. The van der Waals surface area contributed by atoms with Crippen LogP contribution in [0.25, 0.3) is 0 Å². The van der Waals surface area contributed by atoms with Gasteiger partial charge in [-0.1, -0.05) is 25.7 Å². The first-order valence-electron chi connectivity index (χ1n) is 8.40. The number of rotatable bonds is 3. The largest absolute Gasteiger partial charge is 0.331 e. The number of hydrogen-bond acceptors (Lipinski definition) is 2. The van der Waals surface area contributed by atoms with Gasteiger partial charge in [0.15, 0.2) is 0 Å². The first kappa shape index (κ1) is 14.5. The molecule has 112 valence electrons. The molecule has 1 aromatic heterocycles. The molecular formula is C17H28N2S. The summed E-state index contributed by atoms with van der Waals surface area (Å²) in [5.74, 6) is 2.27. The van der Waals surface area contributed by atoms with E-state index in [1.807, 2.05) is 0 Å². The molecule has 0 aromatic carbocycles. The van der Waals surface area contributed by atoms with Crippen LogP contribution in [-0.4, -0.2) is 15.3 Å². The fraction of sp³-hybridized carbons (Fsp3) is 0.824. The van der Waals surface area contributed by atoms with Gasteiger partial charge in [0.25, 0.3) is 0 Å². The average Bonchev–Trinajstić information content (AvgIpc) is 2.65. The van der Waals surface area contributed by atoms with Crippen LogP contribution in [0.15, 0.2) is 0 Å². The number of hydrogen-bond donors (Lipinski definition) is 1. The van der Waals surface area contributed by atoms with Gasteiger partial charge in [-0.3, -0.25) is 0 Å². The molecule has 3 heteroatoms. The van der Waals surface area contributed by atoms with Crippen molar-refractivity contribution in [2.45, 2.75) is 77.7 Å². The molecule has 0 bridgehead atoms. The number of aryl methyl sites for hydroxylation is 2. The number of nitrogens with zero attached hydrogens (tertiary/aromatic N) is 2. The van der Waals surface area contributed by atoms with Crippen LogP contribution in [0.2, 0.25) is 0 Å². The van der Waals surface area contributed by atoms with E-state index in [0.717, 1.165) is 12.3 Å². The fourth-order valence-corrected chi connectivity index (χ4v) is 4.54. The molecule has 20 heavy (non-hydrogen) atoms. The van der Waals surface area contributed by atoms with E-state index >= 15 is 0 Å². The molecule has 0 N–H and O–H groups in total. The Morgan fingerprint density at radius 3 is 2.45 bits per heavy atom. The molecule has 1 aromatic rings. The second-order valence-electron chi connectivity index (χ2n) is 6.92. The van der Waals surface area contributed by atoms with E-state index in [4.69, 9.17) is 17.6 Å². The highest BCUT2D eigenvalue weighted by molar-refractivity contribution is 7.80. The molecule has 0 unspecified atom stereocenters. The van der Waals surface area contributed by atoms with Gasteiger partial charge in [-0.25, -0.2) is 4.98 Å². The van der Waals surface area contributed by atoms with E-state index in [0.29, 0.717) is 5.41 Å². The first-order valence-corrected chi connectivity index (χ1v) is 9.03. The van der Waals surface area contributed by atoms with Gasteiger partial charge in [0.1, 0.15) is 5.82 Å². The van der Waals surface area contributed by atoms with Crippen molar-refractivity contribution < 1.29 is 0 Å². The number of thiol groups is 1. The maximum absolute atomic E-state index is 4.84. The van der Waals surface area contributed by atoms with Crippen molar-refractivity contribution in [3.63, 3.8) is 0 Å². The van der Waals surface area contributed by atoms with Crippen LogP contribution < -0.4 is 0 Å². The monoisotopic (exact) mass is 292 g/mol. The second kappa shape index (κ2) is 6.13. The number of fused-ring (bicyclic) bond motifs is 1. The molecular weight excluding hydrogens is 264 g/mol. The Morgan fingerprint density at radius 2 is 1.75 bits per heavy atom. The Morgan fingerprint density at radius 1 is 1.05 bits per heavy atom. The molecule has 0 amide bonds. The summed E-state index contributed by atoms with van der Waals surface area (Å²) in [7, 11) is 0.